The highest BCUT2D eigenvalue weighted by Crippen LogP contribution is 2.20. The molecule has 0 aliphatic carbocycles. The summed E-state index contributed by atoms with van der Waals surface area (Å²) < 4.78 is 5.24. The van der Waals surface area contributed by atoms with E-state index >= 15 is 0 Å². The minimum Gasteiger partial charge on any atom is -0.497 e. The lowest BCUT2D eigenvalue weighted by Gasteiger charge is -2.14. The smallest absolute Gasteiger partial charge is 0.119 e. The topological polar surface area (TPSA) is 35.2 Å². The van der Waals surface area contributed by atoms with Gasteiger partial charge in [0.1, 0.15) is 5.75 Å². The van der Waals surface area contributed by atoms with Gasteiger partial charge in [0.2, 0.25) is 0 Å². The zero-order chi connectivity index (χ0) is 13.7. The molecule has 0 aliphatic heterocycles. The molecule has 2 aromatic carbocycles. The van der Waals surface area contributed by atoms with E-state index < -0.39 is 0 Å². The first-order valence-electron chi connectivity index (χ1n) is 6.70. The Morgan fingerprint density at radius 2 is 1.79 bits per heavy atom. The van der Waals surface area contributed by atoms with E-state index in [2.05, 4.69) is 37.3 Å². The van der Waals surface area contributed by atoms with Crippen molar-refractivity contribution in [3.63, 3.8) is 0 Å². The molecule has 2 rings (SSSR count). The second-order valence-electron chi connectivity index (χ2n) is 4.76. The highest BCUT2D eigenvalue weighted by molar-refractivity contribution is 5.31. The molecular weight excluding hydrogens is 234 g/mol. The van der Waals surface area contributed by atoms with Gasteiger partial charge in [0, 0.05) is 6.04 Å². The SMILES string of the molecule is CCc1cccc(C(N)Cc2cccc(OC)c2)c1. The Labute approximate surface area is 115 Å². The van der Waals surface area contributed by atoms with E-state index in [4.69, 9.17) is 10.5 Å². The lowest BCUT2D eigenvalue weighted by molar-refractivity contribution is 0.414. The van der Waals surface area contributed by atoms with E-state index in [1.165, 1.54) is 16.7 Å². The van der Waals surface area contributed by atoms with Crippen molar-refractivity contribution in [2.45, 2.75) is 25.8 Å². The van der Waals surface area contributed by atoms with Crippen LogP contribution in [0.1, 0.15) is 29.7 Å². The van der Waals surface area contributed by atoms with Gasteiger partial charge in [0.25, 0.3) is 0 Å². The van der Waals surface area contributed by atoms with Crippen molar-refractivity contribution >= 4 is 0 Å². The molecule has 0 fully saturated rings. The van der Waals surface area contributed by atoms with Crippen molar-refractivity contribution in [1.82, 2.24) is 0 Å². The van der Waals surface area contributed by atoms with Crippen molar-refractivity contribution in [3.8, 4) is 5.75 Å². The zero-order valence-corrected chi connectivity index (χ0v) is 11.6. The quantitative estimate of drug-likeness (QED) is 0.887. The first-order valence-corrected chi connectivity index (χ1v) is 6.70. The molecule has 1 atom stereocenters. The highest BCUT2D eigenvalue weighted by atomic mass is 16.5. The molecule has 2 N–H and O–H groups in total. The van der Waals surface area contributed by atoms with Gasteiger partial charge < -0.3 is 10.5 Å². The molecule has 2 heteroatoms. The number of nitrogens with two attached hydrogens (primary N) is 1. The molecule has 0 aliphatic rings. The highest BCUT2D eigenvalue weighted by Gasteiger charge is 2.08. The molecule has 2 nitrogen and oxygen atoms in total. The predicted octanol–water partition coefficient (Wildman–Crippen LogP) is 3.50. The molecule has 0 radical (unpaired) electrons. The monoisotopic (exact) mass is 255 g/mol. The summed E-state index contributed by atoms with van der Waals surface area (Å²) in [7, 11) is 1.68. The second-order valence-corrected chi connectivity index (χ2v) is 4.76. The van der Waals surface area contributed by atoms with Gasteiger partial charge in [-0.05, 0) is 41.7 Å². The van der Waals surface area contributed by atoms with Crippen LogP contribution in [0.2, 0.25) is 0 Å². The molecule has 0 spiro atoms. The van der Waals surface area contributed by atoms with Crippen LogP contribution in [0.15, 0.2) is 48.5 Å². The lowest BCUT2D eigenvalue weighted by atomic mass is 9.97. The van der Waals surface area contributed by atoms with Gasteiger partial charge in [-0.2, -0.15) is 0 Å². The van der Waals surface area contributed by atoms with Gasteiger partial charge in [-0.1, -0.05) is 43.3 Å². The summed E-state index contributed by atoms with van der Waals surface area (Å²) in [6.07, 6.45) is 1.87. The van der Waals surface area contributed by atoms with E-state index in [1.807, 2.05) is 18.2 Å². The maximum atomic E-state index is 6.30. The molecule has 19 heavy (non-hydrogen) atoms. The average Bonchev–Trinajstić information content (AvgIpc) is 2.47. The van der Waals surface area contributed by atoms with Gasteiger partial charge in [0.05, 0.1) is 7.11 Å². The maximum Gasteiger partial charge on any atom is 0.119 e. The van der Waals surface area contributed by atoms with Crippen molar-refractivity contribution in [3.05, 3.63) is 65.2 Å². The minimum atomic E-state index is 0.0265. The summed E-state index contributed by atoms with van der Waals surface area (Å²) in [6.45, 7) is 2.16. The number of hydrogen-bond acceptors (Lipinski definition) is 2. The fraction of sp³-hybridized carbons (Fsp3) is 0.294. The molecule has 0 amide bonds. The van der Waals surface area contributed by atoms with Crippen LogP contribution in [0.4, 0.5) is 0 Å². The third-order valence-corrected chi connectivity index (χ3v) is 3.38. The van der Waals surface area contributed by atoms with E-state index in [9.17, 15) is 0 Å². The molecule has 0 heterocycles. The van der Waals surface area contributed by atoms with Crippen molar-refractivity contribution in [1.29, 1.82) is 0 Å². The second kappa shape index (κ2) is 6.39. The summed E-state index contributed by atoms with van der Waals surface area (Å²) in [5, 5.41) is 0. The Kier molecular flexibility index (Phi) is 4.58. The molecule has 1 unspecified atom stereocenters. The normalized spacial score (nSPS) is 12.2. The first kappa shape index (κ1) is 13.6. The van der Waals surface area contributed by atoms with E-state index in [0.717, 1.165) is 18.6 Å². The Bertz CT molecular complexity index is 536. The number of aryl methyl sites for hydroxylation is 1. The molecule has 0 saturated carbocycles. The van der Waals surface area contributed by atoms with Crippen LogP contribution in [-0.2, 0) is 12.8 Å². The van der Waals surface area contributed by atoms with Gasteiger partial charge in [-0.25, -0.2) is 0 Å². The Hall–Kier alpha value is -1.80. The Balaban J connectivity index is 2.13. The fourth-order valence-electron chi connectivity index (χ4n) is 2.21. The molecule has 2 aromatic rings. The van der Waals surface area contributed by atoms with Crippen LogP contribution >= 0.6 is 0 Å². The lowest BCUT2D eigenvalue weighted by Crippen LogP contribution is -2.13. The van der Waals surface area contributed by atoms with Crippen LogP contribution < -0.4 is 10.5 Å². The van der Waals surface area contributed by atoms with Crippen LogP contribution in [-0.4, -0.2) is 7.11 Å². The molecule has 0 bridgehead atoms. The third-order valence-electron chi connectivity index (χ3n) is 3.38. The van der Waals surface area contributed by atoms with Crippen LogP contribution in [0.3, 0.4) is 0 Å². The standard InChI is InChI=1S/C17H21NO/c1-3-13-6-4-8-15(10-13)17(18)12-14-7-5-9-16(11-14)19-2/h4-11,17H,3,12,18H2,1-2H3. The third kappa shape index (κ3) is 3.58. The first-order chi connectivity index (χ1) is 9.22. The van der Waals surface area contributed by atoms with Crippen LogP contribution in [0.25, 0.3) is 0 Å². The van der Waals surface area contributed by atoms with E-state index in [0.29, 0.717) is 0 Å². The average molecular weight is 255 g/mol. The molecule has 100 valence electrons. The van der Waals surface area contributed by atoms with Crippen LogP contribution in [0.5, 0.6) is 5.75 Å². The maximum absolute atomic E-state index is 6.30. The Morgan fingerprint density at radius 3 is 2.53 bits per heavy atom. The molecular formula is C17H21NO. The number of hydrogen-bond donors (Lipinski definition) is 1. The molecule has 0 saturated heterocycles. The Morgan fingerprint density at radius 1 is 1.05 bits per heavy atom. The summed E-state index contributed by atoms with van der Waals surface area (Å²) in [4.78, 5) is 0. The van der Waals surface area contributed by atoms with Gasteiger partial charge in [-0.15, -0.1) is 0 Å². The zero-order valence-electron chi connectivity index (χ0n) is 11.6. The largest absolute Gasteiger partial charge is 0.497 e. The summed E-state index contributed by atoms with van der Waals surface area (Å²) in [5.41, 5.74) is 10.0. The number of rotatable bonds is 5. The number of ether oxygens (including phenoxy) is 1. The minimum absolute atomic E-state index is 0.0265. The number of methoxy groups -OCH3 is 1. The predicted molar refractivity (Wildman–Crippen MR) is 79.4 cm³/mol. The van der Waals surface area contributed by atoms with E-state index in [1.54, 1.807) is 7.11 Å². The summed E-state index contributed by atoms with van der Waals surface area (Å²) in [6, 6.07) is 16.6. The summed E-state index contributed by atoms with van der Waals surface area (Å²) >= 11 is 0. The van der Waals surface area contributed by atoms with Gasteiger partial charge >= 0.3 is 0 Å². The number of benzene rings is 2. The van der Waals surface area contributed by atoms with Gasteiger partial charge in [-0.3, -0.25) is 0 Å². The fourth-order valence-corrected chi connectivity index (χ4v) is 2.21. The summed E-state index contributed by atoms with van der Waals surface area (Å²) in [5.74, 6) is 0.881. The van der Waals surface area contributed by atoms with Crippen molar-refractivity contribution < 1.29 is 4.74 Å². The van der Waals surface area contributed by atoms with Gasteiger partial charge in [0.15, 0.2) is 0 Å². The van der Waals surface area contributed by atoms with Crippen molar-refractivity contribution in [2.24, 2.45) is 5.73 Å². The van der Waals surface area contributed by atoms with E-state index in [-0.39, 0.29) is 6.04 Å². The molecule has 0 aromatic heterocycles. The van der Waals surface area contributed by atoms with Crippen molar-refractivity contribution in [2.75, 3.05) is 7.11 Å². The van der Waals surface area contributed by atoms with Crippen LogP contribution in [0, 0.1) is 0 Å².